The maximum absolute atomic E-state index is 12.8. The molecule has 2 heterocycles. The number of anilines is 1. The van der Waals surface area contributed by atoms with E-state index in [0.717, 1.165) is 25.2 Å². The van der Waals surface area contributed by atoms with Crippen molar-refractivity contribution in [2.24, 2.45) is 5.92 Å². The van der Waals surface area contributed by atoms with E-state index in [-0.39, 0.29) is 17.0 Å². The van der Waals surface area contributed by atoms with Gasteiger partial charge in [-0.1, -0.05) is 11.6 Å². The number of halogens is 4. The third-order valence-corrected chi connectivity index (χ3v) is 5.40. The van der Waals surface area contributed by atoms with Crippen LogP contribution in [0.5, 0.6) is 0 Å². The number of nitrogens with one attached hydrogen (secondary N) is 1. The third-order valence-electron chi connectivity index (χ3n) is 5.12. The van der Waals surface area contributed by atoms with Crippen LogP contribution in [0.25, 0.3) is 0 Å². The molecule has 1 N–H and O–H groups in total. The van der Waals surface area contributed by atoms with E-state index < -0.39 is 11.7 Å². The summed E-state index contributed by atoms with van der Waals surface area (Å²) in [5.74, 6) is 0.994. The Hall–Kier alpha value is -1.54. The molecule has 1 saturated carbocycles. The van der Waals surface area contributed by atoms with Crippen molar-refractivity contribution in [1.82, 2.24) is 15.2 Å². The molecule has 0 bridgehead atoms. The summed E-state index contributed by atoms with van der Waals surface area (Å²) >= 11 is 6.05. The summed E-state index contributed by atoms with van der Waals surface area (Å²) in [6, 6.07) is 1.13. The zero-order valence-corrected chi connectivity index (χ0v) is 16.0. The molecule has 9 heteroatoms. The van der Waals surface area contributed by atoms with Crippen LogP contribution in [0.1, 0.15) is 31.7 Å². The largest absolute Gasteiger partial charge is 0.417 e. The Bertz CT molecular complexity index is 681. The summed E-state index contributed by atoms with van der Waals surface area (Å²) in [6.07, 6.45) is -0.501. The zero-order valence-electron chi connectivity index (χ0n) is 15.2. The van der Waals surface area contributed by atoms with Crippen LogP contribution in [0.15, 0.2) is 12.3 Å². The van der Waals surface area contributed by atoms with Gasteiger partial charge in [-0.3, -0.25) is 9.69 Å². The lowest BCUT2D eigenvalue weighted by Crippen LogP contribution is -2.43. The zero-order chi connectivity index (χ0) is 19.6. The molecule has 5 nitrogen and oxygen atoms in total. The second kappa shape index (κ2) is 8.22. The Morgan fingerprint density at radius 3 is 2.70 bits per heavy atom. The fourth-order valence-corrected chi connectivity index (χ4v) is 3.66. The number of aromatic nitrogens is 1. The highest BCUT2D eigenvalue weighted by Crippen LogP contribution is 2.34. The molecular formula is C18H24ClF3N4O. The van der Waals surface area contributed by atoms with Gasteiger partial charge < -0.3 is 10.2 Å². The quantitative estimate of drug-likeness (QED) is 0.818. The van der Waals surface area contributed by atoms with Crippen molar-refractivity contribution in [3.8, 4) is 0 Å². The van der Waals surface area contributed by atoms with E-state index in [2.05, 4.69) is 15.2 Å². The number of hydrogen-bond acceptors (Lipinski definition) is 4. The van der Waals surface area contributed by atoms with Gasteiger partial charge in [0.05, 0.1) is 17.1 Å². The fraction of sp³-hybridized carbons (Fsp3) is 0.667. The predicted octanol–water partition coefficient (Wildman–Crippen LogP) is 3.18. The minimum Gasteiger partial charge on any atom is -0.354 e. The molecule has 1 amide bonds. The van der Waals surface area contributed by atoms with Crippen LogP contribution in [0, 0.1) is 5.92 Å². The third kappa shape index (κ3) is 5.48. The van der Waals surface area contributed by atoms with E-state index >= 15 is 0 Å². The van der Waals surface area contributed by atoms with E-state index in [9.17, 15) is 18.0 Å². The van der Waals surface area contributed by atoms with E-state index in [0.29, 0.717) is 37.9 Å². The van der Waals surface area contributed by atoms with Crippen molar-refractivity contribution < 1.29 is 18.0 Å². The van der Waals surface area contributed by atoms with Crippen molar-refractivity contribution in [2.45, 2.75) is 38.4 Å². The van der Waals surface area contributed by atoms with Gasteiger partial charge in [-0.25, -0.2) is 4.98 Å². The molecule has 1 saturated heterocycles. The SMILES string of the molecule is C[C@H](NC(=O)CN1CCCN(c2ncc(C(F)(F)F)cc2Cl)CC1)C1CC1. The second-order valence-corrected chi connectivity index (χ2v) is 7.74. The summed E-state index contributed by atoms with van der Waals surface area (Å²) in [5, 5.41) is 3.04. The van der Waals surface area contributed by atoms with Crippen molar-refractivity contribution in [1.29, 1.82) is 0 Å². The molecule has 27 heavy (non-hydrogen) atoms. The number of carbonyl (C=O) groups excluding carboxylic acids is 1. The van der Waals surface area contributed by atoms with Crippen LogP contribution < -0.4 is 10.2 Å². The number of hydrogen-bond donors (Lipinski definition) is 1. The first-order chi connectivity index (χ1) is 12.7. The average Bonchev–Trinajstić information content (AvgIpc) is 3.41. The summed E-state index contributed by atoms with van der Waals surface area (Å²) in [6.45, 7) is 4.94. The molecule has 0 unspecified atom stereocenters. The van der Waals surface area contributed by atoms with Gasteiger partial charge in [0.25, 0.3) is 0 Å². The highest BCUT2D eigenvalue weighted by atomic mass is 35.5. The van der Waals surface area contributed by atoms with Gasteiger partial charge in [-0.05, 0) is 38.2 Å². The fourth-order valence-electron chi connectivity index (χ4n) is 3.38. The molecule has 150 valence electrons. The van der Waals surface area contributed by atoms with Crippen LogP contribution in [0.2, 0.25) is 5.02 Å². The Morgan fingerprint density at radius 1 is 1.33 bits per heavy atom. The molecule has 1 aliphatic heterocycles. The maximum atomic E-state index is 12.8. The molecule has 0 radical (unpaired) electrons. The number of alkyl halides is 3. The molecule has 3 rings (SSSR count). The molecular weight excluding hydrogens is 381 g/mol. The van der Waals surface area contributed by atoms with Crippen molar-refractivity contribution in [2.75, 3.05) is 37.6 Å². The predicted molar refractivity (Wildman–Crippen MR) is 97.8 cm³/mol. The first-order valence-corrected chi connectivity index (χ1v) is 9.61. The molecule has 1 aromatic heterocycles. The normalized spacial score (nSPS) is 20.3. The summed E-state index contributed by atoms with van der Waals surface area (Å²) in [4.78, 5) is 20.1. The van der Waals surface area contributed by atoms with Gasteiger partial charge in [-0.2, -0.15) is 13.2 Å². The smallest absolute Gasteiger partial charge is 0.354 e. The number of carbonyl (C=O) groups is 1. The van der Waals surface area contributed by atoms with Crippen LogP contribution >= 0.6 is 11.6 Å². The second-order valence-electron chi connectivity index (χ2n) is 7.34. The van der Waals surface area contributed by atoms with Crippen molar-refractivity contribution >= 4 is 23.3 Å². The summed E-state index contributed by atoms with van der Waals surface area (Å²) in [7, 11) is 0. The van der Waals surface area contributed by atoms with E-state index in [4.69, 9.17) is 11.6 Å². The number of rotatable bonds is 5. The van der Waals surface area contributed by atoms with Gasteiger partial charge in [0.2, 0.25) is 5.91 Å². The molecule has 1 aliphatic carbocycles. The number of pyridine rings is 1. The molecule has 2 fully saturated rings. The highest BCUT2D eigenvalue weighted by molar-refractivity contribution is 6.33. The minimum absolute atomic E-state index is 0.00530. The topological polar surface area (TPSA) is 48.5 Å². The van der Waals surface area contributed by atoms with E-state index in [1.807, 2.05) is 11.8 Å². The Kier molecular flexibility index (Phi) is 6.15. The molecule has 2 aliphatic rings. The Balaban J connectivity index is 1.55. The Morgan fingerprint density at radius 2 is 2.07 bits per heavy atom. The van der Waals surface area contributed by atoms with Crippen molar-refractivity contribution in [3.05, 3.63) is 22.8 Å². The van der Waals surface area contributed by atoms with E-state index in [1.165, 1.54) is 12.8 Å². The molecule has 0 aromatic carbocycles. The number of amides is 1. The molecule has 1 aromatic rings. The van der Waals surface area contributed by atoms with Crippen LogP contribution in [0.3, 0.4) is 0 Å². The van der Waals surface area contributed by atoms with Gasteiger partial charge in [0.15, 0.2) is 0 Å². The first kappa shape index (κ1) is 20.2. The van der Waals surface area contributed by atoms with E-state index in [1.54, 1.807) is 0 Å². The first-order valence-electron chi connectivity index (χ1n) is 9.23. The number of nitrogens with zero attached hydrogens (tertiary/aromatic N) is 3. The Labute approximate surface area is 161 Å². The lowest BCUT2D eigenvalue weighted by molar-refractivity contribution is -0.137. The average molecular weight is 405 g/mol. The van der Waals surface area contributed by atoms with Gasteiger partial charge >= 0.3 is 6.18 Å². The van der Waals surface area contributed by atoms with Crippen LogP contribution in [-0.2, 0) is 11.0 Å². The van der Waals surface area contributed by atoms with Gasteiger partial charge in [0.1, 0.15) is 5.82 Å². The standard InChI is InChI=1S/C18H24ClF3N4O/c1-12(13-3-4-13)24-16(27)11-25-5-2-6-26(8-7-25)17-15(19)9-14(10-23-17)18(20,21)22/h9-10,12-13H,2-8,11H2,1H3,(H,24,27)/t12-/m0/s1. The van der Waals surface area contributed by atoms with Gasteiger partial charge in [0, 0.05) is 38.4 Å². The van der Waals surface area contributed by atoms with Crippen LogP contribution in [-0.4, -0.2) is 54.6 Å². The highest BCUT2D eigenvalue weighted by Gasteiger charge is 2.32. The lowest BCUT2D eigenvalue weighted by atomic mass is 10.2. The summed E-state index contributed by atoms with van der Waals surface area (Å²) in [5.41, 5.74) is -0.853. The van der Waals surface area contributed by atoms with Crippen molar-refractivity contribution in [3.63, 3.8) is 0 Å². The molecule has 1 atom stereocenters. The molecule has 0 spiro atoms. The lowest BCUT2D eigenvalue weighted by Gasteiger charge is -2.24. The minimum atomic E-state index is -4.46. The van der Waals surface area contributed by atoms with Crippen LogP contribution in [0.4, 0.5) is 19.0 Å². The van der Waals surface area contributed by atoms with Gasteiger partial charge in [-0.15, -0.1) is 0 Å². The monoisotopic (exact) mass is 404 g/mol. The summed E-state index contributed by atoms with van der Waals surface area (Å²) < 4.78 is 38.3. The maximum Gasteiger partial charge on any atom is 0.417 e.